The van der Waals surface area contributed by atoms with E-state index < -0.39 is 5.41 Å². The van der Waals surface area contributed by atoms with Crippen molar-refractivity contribution in [2.45, 2.75) is 39.0 Å². The van der Waals surface area contributed by atoms with Gasteiger partial charge in [-0.2, -0.15) is 0 Å². The number of carbonyl (C=O) groups excluding carboxylic acids is 2. The number of esters is 1. The summed E-state index contributed by atoms with van der Waals surface area (Å²) in [5, 5.41) is 2.07. The number of likely N-dealkylation sites (tertiary alicyclic amines) is 1. The van der Waals surface area contributed by atoms with Gasteiger partial charge in [0.1, 0.15) is 0 Å². The Hall–Kier alpha value is -2.36. The third-order valence-corrected chi connectivity index (χ3v) is 6.11. The number of hydrogen-bond donors (Lipinski definition) is 0. The number of fused-ring (bicyclic) bond motifs is 1. The smallest absolute Gasteiger partial charge is 0.312 e. The van der Waals surface area contributed by atoms with E-state index in [1.54, 1.807) is 0 Å². The maximum absolute atomic E-state index is 13.2. The molecule has 4 heteroatoms. The van der Waals surface area contributed by atoms with Gasteiger partial charge in [-0.25, -0.2) is 0 Å². The monoisotopic (exact) mass is 365 g/mol. The molecule has 0 bridgehead atoms. The molecular formula is C23H27NO3. The minimum atomic E-state index is -0.396. The summed E-state index contributed by atoms with van der Waals surface area (Å²) in [7, 11) is 0. The molecule has 0 aromatic heterocycles. The van der Waals surface area contributed by atoms with Crippen LogP contribution in [0.3, 0.4) is 0 Å². The molecule has 4 nitrogen and oxygen atoms in total. The molecule has 0 atom stereocenters. The largest absolute Gasteiger partial charge is 0.466 e. The van der Waals surface area contributed by atoms with Crippen LogP contribution in [0.2, 0.25) is 0 Å². The molecule has 0 N–H and O–H groups in total. The van der Waals surface area contributed by atoms with Crippen molar-refractivity contribution in [3.63, 3.8) is 0 Å². The number of rotatable bonds is 5. The van der Waals surface area contributed by atoms with Crippen LogP contribution in [0.4, 0.5) is 0 Å². The number of benzene rings is 2. The number of carbonyl (C=O) groups is 2. The lowest BCUT2D eigenvalue weighted by atomic mass is 9.74. The molecule has 0 radical (unpaired) electrons. The van der Waals surface area contributed by atoms with Crippen molar-refractivity contribution in [3.05, 3.63) is 48.0 Å². The fraction of sp³-hybridized carbons (Fsp3) is 0.478. The Bertz CT molecular complexity index is 842. The molecule has 2 aromatic carbocycles. The van der Waals surface area contributed by atoms with E-state index in [-0.39, 0.29) is 11.9 Å². The van der Waals surface area contributed by atoms with Gasteiger partial charge in [-0.15, -0.1) is 0 Å². The lowest BCUT2D eigenvalue weighted by Gasteiger charge is -2.40. The van der Waals surface area contributed by atoms with Gasteiger partial charge in [-0.1, -0.05) is 49.2 Å². The Labute approximate surface area is 160 Å². The zero-order valence-corrected chi connectivity index (χ0v) is 15.9. The van der Waals surface area contributed by atoms with Crippen molar-refractivity contribution in [1.82, 2.24) is 4.90 Å². The predicted octanol–water partition coefficient (Wildman–Crippen LogP) is 4.43. The molecule has 1 aliphatic carbocycles. The van der Waals surface area contributed by atoms with Gasteiger partial charge < -0.3 is 9.64 Å². The van der Waals surface area contributed by atoms with Crippen molar-refractivity contribution < 1.29 is 14.3 Å². The van der Waals surface area contributed by atoms with Gasteiger partial charge in [-0.05, 0) is 48.9 Å². The molecule has 27 heavy (non-hydrogen) atoms. The third kappa shape index (κ3) is 3.58. The van der Waals surface area contributed by atoms with Crippen LogP contribution >= 0.6 is 0 Å². The molecule has 4 rings (SSSR count). The summed E-state index contributed by atoms with van der Waals surface area (Å²) in [6, 6.07) is 13.9. The van der Waals surface area contributed by atoms with E-state index in [4.69, 9.17) is 4.74 Å². The summed E-state index contributed by atoms with van der Waals surface area (Å²) < 4.78 is 5.41. The summed E-state index contributed by atoms with van der Waals surface area (Å²) in [4.78, 5) is 27.8. The van der Waals surface area contributed by atoms with Crippen molar-refractivity contribution in [2.75, 3.05) is 19.7 Å². The molecule has 2 aliphatic rings. The summed E-state index contributed by atoms with van der Waals surface area (Å²) in [6.45, 7) is 3.52. The van der Waals surface area contributed by atoms with Gasteiger partial charge in [0, 0.05) is 18.7 Å². The van der Waals surface area contributed by atoms with Crippen LogP contribution in [0, 0.1) is 11.3 Å². The first kappa shape index (κ1) is 18.0. The average Bonchev–Trinajstić information content (AvgIpc) is 3.51. The first-order valence-electron chi connectivity index (χ1n) is 10.1. The fourth-order valence-electron chi connectivity index (χ4n) is 4.37. The fourth-order valence-corrected chi connectivity index (χ4v) is 4.37. The van der Waals surface area contributed by atoms with Gasteiger partial charge in [-0.3, -0.25) is 9.59 Å². The van der Waals surface area contributed by atoms with Crippen LogP contribution in [0.5, 0.6) is 0 Å². The number of hydrogen-bond acceptors (Lipinski definition) is 3. The zero-order chi connectivity index (χ0) is 18.9. The van der Waals surface area contributed by atoms with Gasteiger partial charge in [0.25, 0.3) is 5.91 Å². The summed E-state index contributed by atoms with van der Waals surface area (Å²) >= 11 is 0. The minimum Gasteiger partial charge on any atom is -0.466 e. The molecule has 0 spiro atoms. The highest BCUT2D eigenvalue weighted by Gasteiger charge is 2.46. The molecule has 1 aliphatic heterocycles. The van der Waals surface area contributed by atoms with Crippen molar-refractivity contribution in [2.24, 2.45) is 11.3 Å². The Kier molecular flexibility index (Phi) is 4.90. The van der Waals surface area contributed by atoms with Crippen molar-refractivity contribution >= 4 is 22.6 Å². The summed E-state index contributed by atoms with van der Waals surface area (Å²) in [5.41, 5.74) is 0.353. The molecule has 1 saturated carbocycles. The van der Waals surface area contributed by atoms with E-state index in [9.17, 15) is 9.59 Å². The SMILES string of the molecule is CCOC(=O)C1(CC2CC2)CCN(C(=O)c2cccc3ccccc23)CC1. The first-order chi connectivity index (χ1) is 13.1. The van der Waals surface area contributed by atoms with Crippen LogP contribution in [0.1, 0.15) is 49.4 Å². The maximum atomic E-state index is 13.2. The second kappa shape index (κ2) is 7.34. The standard InChI is InChI=1S/C23H27NO3/c1-2-27-22(26)23(16-17-10-11-17)12-14-24(15-13-23)21(25)20-9-5-7-18-6-3-4-8-19(18)20/h3-9,17H,2,10-16H2,1H3. The molecule has 2 aromatic rings. The van der Waals surface area contributed by atoms with E-state index in [0.29, 0.717) is 38.5 Å². The average molecular weight is 365 g/mol. The van der Waals surface area contributed by atoms with E-state index in [0.717, 1.165) is 22.8 Å². The third-order valence-electron chi connectivity index (χ3n) is 6.11. The number of amides is 1. The molecule has 142 valence electrons. The van der Waals surface area contributed by atoms with Gasteiger partial charge >= 0.3 is 5.97 Å². The topological polar surface area (TPSA) is 46.6 Å². The van der Waals surface area contributed by atoms with Gasteiger partial charge in [0.05, 0.1) is 12.0 Å². The Balaban J connectivity index is 1.52. The Morgan fingerprint density at radius 2 is 1.78 bits per heavy atom. The summed E-state index contributed by atoms with van der Waals surface area (Å²) in [6.07, 6.45) is 4.78. The second-order valence-corrected chi connectivity index (χ2v) is 7.97. The first-order valence-corrected chi connectivity index (χ1v) is 10.1. The molecule has 1 amide bonds. The highest BCUT2D eigenvalue weighted by molar-refractivity contribution is 6.07. The number of nitrogens with zero attached hydrogens (tertiary/aromatic N) is 1. The van der Waals surface area contributed by atoms with E-state index in [1.807, 2.05) is 54.3 Å². The number of piperidine rings is 1. The summed E-state index contributed by atoms with van der Waals surface area (Å²) in [5.74, 6) is 0.666. The quantitative estimate of drug-likeness (QED) is 0.737. The Morgan fingerprint density at radius 1 is 1.07 bits per heavy atom. The normalized spacial score (nSPS) is 19.1. The highest BCUT2D eigenvalue weighted by atomic mass is 16.5. The van der Waals surface area contributed by atoms with E-state index in [1.165, 1.54) is 12.8 Å². The lowest BCUT2D eigenvalue weighted by molar-refractivity contribution is -0.159. The highest BCUT2D eigenvalue weighted by Crippen LogP contribution is 2.46. The van der Waals surface area contributed by atoms with Crippen LogP contribution in [0.25, 0.3) is 10.8 Å². The van der Waals surface area contributed by atoms with Crippen molar-refractivity contribution in [1.29, 1.82) is 0 Å². The van der Waals surface area contributed by atoms with Crippen LogP contribution < -0.4 is 0 Å². The maximum Gasteiger partial charge on any atom is 0.312 e. The van der Waals surface area contributed by atoms with Crippen LogP contribution in [-0.2, 0) is 9.53 Å². The van der Waals surface area contributed by atoms with Crippen LogP contribution in [0.15, 0.2) is 42.5 Å². The van der Waals surface area contributed by atoms with E-state index in [2.05, 4.69) is 0 Å². The predicted molar refractivity (Wildman–Crippen MR) is 105 cm³/mol. The molecular weight excluding hydrogens is 338 g/mol. The Morgan fingerprint density at radius 3 is 2.48 bits per heavy atom. The van der Waals surface area contributed by atoms with Gasteiger partial charge in [0.2, 0.25) is 0 Å². The minimum absolute atomic E-state index is 0.0610. The number of ether oxygens (including phenoxy) is 1. The second-order valence-electron chi connectivity index (χ2n) is 7.97. The lowest BCUT2D eigenvalue weighted by Crippen LogP contribution is -2.47. The van der Waals surface area contributed by atoms with Gasteiger partial charge in [0.15, 0.2) is 0 Å². The molecule has 0 unspecified atom stereocenters. The van der Waals surface area contributed by atoms with Crippen LogP contribution in [-0.4, -0.2) is 36.5 Å². The van der Waals surface area contributed by atoms with Crippen molar-refractivity contribution in [3.8, 4) is 0 Å². The van der Waals surface area contributed by atoms with E-state index >= 15 is 0 Å². The zero-order valence-electron chi connectivity index (χ0n) is 15.9. The molecule has 1 heterocycles. The molecule has 1 saturated heterocycles. The molecule has 2 fully saturated rings.